The van der Waals surface area contributed by atoms with Crippen molar-refractivity contribution in [2.45, 2.75) is 45.3 Å². The first-order valence-corrected chi connectivity index (χ1v) is 6.13. The smallest absolute Gasteiger partial charge is 0.237 e. The number of amides is 1. The molecule has 0 aliphatic heterocycles. The minimum Gasteiger partial charge on any atom is -0.467 e. The number of rotatable bonds is 7. The molecule has 5 nitrogen and oxygen atoms in total. The molecule has 1 atom stereocenters. The van der Waals surface area contributed by atoms with E-state index < -0.39 is 0 Å². The molecule has 0 aliphatic carbocycles. The van der Waals surface area contributed by atoms with E-state index in [1.807, 2.05) is 19.9 Å². The second-order valence-corrected chi connectivity index (χ2v) is 5.02. The fourth-order valence-corrected chi connectivity index (χ4v) is 1.74. The van der Waals surface area contributed by atoms with Crippen molar-refractivity contribution in [3.63, 3.8) is 0 Å². The Hall–Kier alpha value is -1.33. The third kappa shape index (κ3) is 4.89. The van der Waals surface area contributed by atoms with Crippen LogP contribution in [-0.4, -0.2) is 29.2 Å². The third-order valence-electron chi connectivity index (χ3n) is 2.75. The molecule has 1 aromatic rings. The van der Waals surface area contributed by atoms with Gasteiger partial charge in [0.2, 0.25) is 5.91 Å². The Bertz CT molecular complexity index is 360. The average Bonchev–Trinajstić information content (AvgIpc) is 2.77. The van der Waals surface area contributed by atoms with Crippen molar-refractivity contribution < 1.29 is 14.3 Å². The van der Waals surface area contributed by atoms with Gasteiger partial charge in [0.25, 0.3) is 0 Å². The van der Waals surface area contributed by atoms with Gasteiger partial charge in [-0.25, -0.2) is 0 Å². The molecule has 1 heterocycles. The summed E-state index contributed by atoms with van der Waals surface area (Å²) in [7, 11) is 0. The molecule has 0 spiro atoms. The summed E-state index contributed by atoms with van der Waals surface area (Å²) in [5.74, 6) is 0.641. The quantitative estimate of drug-likeness (QED) is 0.679. The molecule has 3 N–H and O–H groups in total. The normalized spacial score (nSPS) is 13.3. The van der Waals surface area contributed by atoms with Crippen LogP contribution in [0.5, 0.6) is 0 Å². The number of hydrogen-bond acceptors (Lipinski definition) is 4. The molecule has 0 bridgehead atoms. The first kappa shape index (κ1) is 14.7. The summed E-state index contributed by atoms with van der Waals surface area (Å²) in [6.45, 7) is 6.20. The van der Waals surface area contributed by atoms with Crippen molar-refractivity contribution in [2.24, 2.45) is 0 Å². The lowest BCUT2D eigenvalue weighted by molar-refractivity contribution is -0.123. The van der Waals surface area contributed by atoms with Gasteiger partial charge in [-0.05, 0) is 39.3 Å². The van der Waals surface area contributed by atoms with Crippen molar-refractivity contribution in [1.29, 1.82) is 0 Å². The zero-order valence-corrected chi connectivity index (χ0v) is 11.2. The van der Waals surface area contributed by atoms with E-state index in [0.717, 1.165) is 5.76 Å². The fraction of sp³-hybridized carbons (Fsp3) is 0.615. The molecule has 0 radical (unpaired) electrons. The van der Waals surface area contributed by atoms with E-state index >= 15 is 0 Å². The number of carbonyl (C=O) groups is 1. The molecular formula is C13H22N2O3. The number of carbonyl (C=O) groups excluding carboxylic acids is 1. The van der Waals surface area contributed by atoms with Crippen LogP contribution >= 0.6 is 0 Å². The van der Waals surface area contributed by atoms with E-state index in [1.54, 1.807) is 19.3 Å². The molecule has 0 saturated heterocycles. The van der Waals surface area contributed by atoms with Crippen molar-refractivity contribution >= 4 is 5.91 Å². The van der Waals surface area contributed by atoms with Gasteiger partial charge >= 0.3 is 0 Å². The fourth-order valence-electron chi connectivity index (χ4n) is 1.74. The summed E-state index contributed by atoms with van der Waals surface area (Å²) >= 11 is 0. The topological polar surface area (TPSA) is 74.5 Å². The lowest BCUT2D eigenvalue weighted by atomic mass is 10.00. The first-order valence-electron chi connectivity index (χ1n) is 6.13. The summed E-state index contributed by atoms with van der Waals surface area (Å²) in [4.78, 5) is 11.8. The van der Waals surface area contributed by atoms with Gasteiger partial charge in [0, 0.05) is 12.1 Å². The SMILES string of the molecule is CC(NC(C)(C)CCO)C(=O)NCc1ccco1. The molecule has 1 aromatic heterocycles. The maximum atomic E-state index is 11.8. The Morgan fingerprint density at radius 1 is 1.56 bits per heavy atom. The zero-order chi connectivity index (χ0) is 13.6. The molecule has 0 aliphatic rings. The van der Waals surface area contributed by atoms with Crippen molar-refractivity contribution in [3.05, 3.63) is 24.2 Å². The lowest BCUT2D eigenvalue weighted by Crippen LogP contribution is -2.51. The van der Waals surface area contributed by atoms with Crippen LogP contribution in [0, 0.1) is 0 Å². The van der Waals surface area contributed by atoms with Gasteiger partial charge < -0.3 is 20.2 Å². The van der Waals surface area contributed by atoms with Gasteiger partial charge in [0.15, 0.2) is 0 Å². The van der Waals surface area contributed by atoms with Crippen LogP contribution < -0.4 is 10.6 Å². The third-order valence-corrected chi connectivity index (χ3v) is 2.75. The highest BCUT2D eigenvalue weighted by Crippen LogP contribution is 2.08. The summed E-state index contributed by atoms with van der Waals surface area (Å²) in [5, 5.41) is 14.9. The van der Waals surface area contributed by atoms with Gasteiger partial charge in [-0.15, -0.1) is 0 Å². The number of aliphatic hydroxyl groups excluding tert-OH is 1. The summed E-state index contributed by atoms with van der Waals surface area (Å²) < 4.78 is 5.13. The Balaban J connectivity index is 2.37. The van der Waals surface area contributed by atoms with Crippen LogP contribution in [0.4, 0.5) is 0 Å². The lowest BCUT2D eigenvalue weighted by Gasteiger charge is -2.29. The number of aliphatic hydroxyl groups is 1. The summed E-state index contributed by atoms with van der Waals surface area (Å²) in [6.07, 6.45) is 2.18. The highest BCUT2D eigenvalue weighted by atomic mass is 16.3. The first-order chi connectivity index (χ1) is 8.44. The van der Waals surface area contributed by atoms with Crippen molar-refractivity contribution in [1.82, 2.24) is 10.6 Å². The minimum atomic E-state index is -0.318. The van der Waals surface area contributed by atoms with Gasteiger partial charge in [0.05, 0.1) is 18.8 Å². The van der Waals surface area contributed by atoms with Crippen LogP contribution in [0.25, 0.3) is 0 Å². The molecule has 0 aromatic carbocycles. The van der Waals surface area contributed by atoms with Gasteiger partial charge in [0.1, 0.15) is 5.76 Å². The van der Waals surface area contributed by atoms with Gasteiger partial charge in [-0.1, -0.05) is 0 Å². The van der Waals surface area contributed by atoms with Crippen LogP contribution in [0.1, 0.15) is 33.0 Å². The van der Waals surface area contributed by atoms with E-state index in [4.69, 9.17) is 9.52 Å². The predicted octanol–water partition coefficient (Wildman–Crippen LogP) is 1.03. The highest BCUT2D eigenvalue weighted by Gasteiger charge is 2.23. The van der Waals surface area contributed by atoms with Crippen molar-refractivity contribution in [2.75, 3.05) is 6.61 Å². The molecule has 18 heavy (non-hydrogen) atoms. The second-order valence-electron chi connectivity index (χ2n) is 5.02. The van der Waals surface area contributed by atoms with E-state index in [-0.39, 0.29) is 24.1 Å². The maximum Gasteiger partial charge on any atom is 0.237 e. The standard InChI is InChI=1S/C13H22N2O3/c1-10(15-13(2,3)6-7-16)12(17)14-9-11-5-4-8-18-11/h4-5,8,10,15-16H,6-7,9H2,1-3H3,(H,14,17). The largest absolute Gasteiger partial charge is 0.467 e. The van der Waals surface area contributed by atoms with Gasteiger partial charge in [-0.2, -0.15) is 0 Å². The summed E-state index contributed by atoms with van der Waals surface area (Å²) in [6, 6.07) is 3.28. The molecule has 1 amide bonds. The van der Waals surface area contributed by atoms with Crippen LogP contribution in [-0.2, 0) is 11.3 Å². The molecule has 0 fully saturated rings. The van der Waals surface area contributed by atoms with Crippen LogP contribution in [0.15, 0.2) is 22.8 Å². The van der Waals surface area contributed by atoms with Crippen molar-refractivity contribution in [3.8, 4) is 0 Å². The number of furan rings is 1. The second kappa shape index (κ2) is 6.56. The Morgan fingerprint density at radius 2 is 2.28 bits per heavy atom. The zero-order valence-electron chi connectivity index (χ0n) is 11.2. The van der Waals surface area contributed by atoms with E-state index in [0.29, 0.717) is 13.0 Å². The van der Waals surface area contributed by atoms with Gasteiger partial charge in [-0.3, -0.25) is 4.79 Å². The average molecular weight is 254 g/mol. The molecule has 1 unspecified atom stereocenters. The monoisotopic (exact) mass is 254 g/mol. The van der Waals surface area contributed by atoms with E-state index in [2.05, 4.69) is 10.6 Å². The number of nitrogens with one attached hydrogen (secondary N) is 2. The molecule has 0 saturated carbocycles. The molecule has 5 heteroatoms. The minimum absolute atomic E-state index is 0.0857. The number of hydrogen-bond donors (Lipinski definition) is 3. The van der Waals surface area contributed by atoms with Crippen LogP contribution in [0.3, 0.4) is 0 Å². The predicted molar refractivity (Wildman–Crippen MR) is 68.9 cm³/mol. The van der Waals surface area contributed by atoms with E-state index in [9.17, 15) is 4.79 Å². The molecular weight excluding hydrogens is 232 g/mol. The highest BCUT2D eigenvalue weighted by molar-refractivity contribution is 5.81. The molecule has 102 valence electrons. The Labute approximate surface area is 108 Å². The van der Waals surface area contributed by atoms with E-state index in [1.165, 1.54) is 0 Å². The Morgan fingerprint density at radius 3 is 2.83 bits per heavy atom. The summed E-state index contributed by atoms with van der Waals surface area (Å²) in [5.41, 5.74) is -0.268. The Kier molecular flexibility index (Phi) is 5.37. The maximum absolute atomic E-state index is 11.8. The molecule has 1 rings (SSSR count). The van der Waals surface area contributed by atoms with Crippen LogP contribution in [0.2, 0.25) is 0 Å².